The third-order valence-corrected chi connectivity index (χ3v) is 3.71. The van der Waals surface area contributed by atoms with Crippen molar-refractivity contribution >= 4 is 7.79 Å². The van der Waals surface area contributed by atoms with E-state index in [9.17, 15) is 4.89 Å². The Morgan fingerprint density at radius 1 is 1.18 bits per heavy atom. The molecule has 0 rings (SSSR count). The molecule has 0 fully saturated rings. The van der Waals surface area contributed by atoms with E-state index in [1.807, 2.05) is 32.4 Å². The van der Waals surface area contributed by atoms with Crippen LogP contribution in [0.1, 0.15) is 27.7 Å². The van der Waals surface area contributed by atoms with Crippen molar-refractivity contribution in [2.45, 2.75) is 39.8 Å². The predicted molar refractivity (Wildman–Crippen MR) is 52.8 cm³/mol. The van der Waals surface area contributed by atoms with Crippen LogP contribution < -0.4 is 5.50 Å². The van der Waals surface area contributed by atoms with Gasteiger partial charge in [0.2, 0.25) is 0 Å². The van der Waals surface area contributed by atoms with Gasteiger partial charge < -0.3 is 0 Å². The first-order valence-electron chi connectivity index (χ1n) is 4.06. The molecule has 0 radical (unpaired) electrons. The Kier molecular flexibility index (Phi) is 3.92. The molecule has 0 aliphatic rings. The standard InChI is InChI=1S/C7H21N2OP/c1-6(2)9(7(3)4)11(5,8)10/h6-7,10-11H,8H2,1-5H3. The molecule has 0 heterocycles. The van der Waals surface area contributed by atoms with Gasteiger partial charge in [-0.25, -0.2) is 0 Å². The van der Waals surface area contributed by atoms with Crippen molar-refractivity contribution in [3.05, 3.63) is 0 Å². The van der Waals surface area contributed by atoms with E-state index in [-0.39, 0.29) is 0 Å². The van der Waals surface area contributed by atoms with Gasteiger partial charge in [0, 0.05) is 0 Å². The minimum absolute atomic E-state index is 0.321. The molecule has 0 saturated carbocycles. The van der Waals surface area contributed by atoms with Crippen LogP contribution in [0, 0.1) is 0 Å². The molecular formula is C7H21N2OP. The molecule has 0 amide bonds. The summed E-state index contributed by atoms with van der Waals surface area (Å²) >= 11 is 0. The molecule has 0 aliphatic heterocycles. The zero-order valence-electron chi connectivity index (χ0n) is 8.13. The summed E-state index contributed by atoms with van der Waals surface area (Å²) in [4.78, 5) is 9.66. The molecule has 11 heavy (non-hydrogen) atoms. The molecule has 0 unspecified atom stereocenters. The number of hydrogen-bond donors (Lipinski definition) is 2. The molecule has 0 aliphatic carbocycles. The maximum absolute atomic E-state index is 9.66. The summed E-state index contributed by atoms with van der Waals surface area (Å²) in [5.74, 6) is 0. The van der Waals surface area contributed by atoms with Crippen LogP contribution in [0.5, 0.6) is 0 Å². The quantitative estimate of drug-likeness (QED) is 0.641. The molecule has 0 aromatic carbocycles. The molecule has 0 atom stereocenters. The van der Waals surface area contributed by atoms with E-state index in [0.29, 0.717) is 12.1 Å². The van der Waals surface area contributed by atoms with E-state index < -0.39 is 7.79 Å². The number of nitrogens with zero attached hydrogens (tertiary/aromatic N) is 1. The zero-order valence-corrected chi connectivity index (χ0v) is 9.13. The minimum atomic E-state index is -2.58. The zero-order chi connectivity index (χ0) is 9.23. The molecule has 0 bridgehead atoms. The molecule has 0 spiro atoms. The summed E-state index contributed by atoms with van der Waals surface area (Å²) in [5, 5.41) is 0. The Morgan fingerprint density at radius 3 is 1.45 bits per heavy atom. The fourth-order valence-corrected chi connectivity index (χ4v) is 3.73. The second kappa shape index (κ2) is 3.81. The van der Waals surface area contributed by atoms with Crippen molar-refractivity contribution in [3.63, 3.8) is 0 Å². The van der Waals surface area contributed by atoms with Gasteiger partial charge in [-0.05, 0) is 0 Å². The van der Waals surface area contributed by atoms with Crippen molar-refractivity contribution in [1.82, 2.24) is 4.67 Å². The van der Waals surface area contributed by atoms with Crippen LogP contribution in [-0.4, -0.2) is 28.3 Å². The normalized spacial score (nSPS) is 15.1. The fourth-order valence-electron chi connectivity index (χ4n) is 1.64. The molecule has 3 N–H and O–H groups in total. The van der Waals surface area contributed by atoms with Gasteiger partial charge in [-0.15, -0.1) is 0 Å². The average molecular weight is 180 g/mol. The van der Waals surface area contributed by atoms with E-state index in [1.165, 1.54) is 0 Å². The third kappa shape index (κ3) is 3.48. The van der Waals surface area contributed by atoms with Gasteiger partial charge in [0.1, 0.15) is 0 Å². The Bertz CT molecular complexity index is 112. The SMILES string of the molecule is CC(C)N(C(C)C)[PH](C)(N)O. The number of nitrogens with two attached hydrogens (primary N) is 1. The Morgan fingerprint density at radius 2 is 1.45 bits per heavy atom. The average Bonchev–Trinajstić information content (AvgIpc) is 1.54. The Labute approximate surface area is 70.1 Å². The summed E-state index contributed by atoms with van der Waals surface area (Å²) in [5.41, 5.74) is 5.70. The van der Waals surface area contributed by atoms with E-state index >= 15 is 0 Å². The van der Waals surface area contributed by atoms with Gasteiger partial charge in [0.05, 0.1) is 0 Å². The van der Waals surface area contributed by atoms with Gasteiger partial charge in [-0.1, -0.05) is 0 Å². The van der Waals surface area contributed by atoms with Crippen molar-refractivity contribution < 1.29 is 4.89 Å². The summed E-state index contributed by atoms with van der Waals surface area (Å²) in [6.45, 7) is 9.94. The van der Waals surface area contributed by atoms with E-state index in [1.54, 1.807) is 6.66 Å². The number of hydrogen-bond acceptors (Lipinski definition) is 3. The van der Waals surface area contributed by atoms with Crippen LogP contribution in [0.15, 0.2) is 0 Å². The van der Waals surface area contributed by atoms with Gasteiger partial charge >= 0.3 is 69.3 Å². The molecule has 4 heteroatoms. The maximum atomic E-state index is 9.66. The first-order chi connectivity index (χ1) is 4.76. The van der Waals surface area contributed by atoms with Crippen LogP contribution >= 0.6 is 7.79 Å². The van der Waals surface area contributed by atoms with Gasteiger partial charge in [0.25, 0.3) is 0 Å². The van der Waals surface area contributed by atoms with Gasteiger partial charge in [-0.3, -0.25) is 0 Å². The van der Waals surface area contributed by atoms with Gasteiger partial charge in [-0.2, -0.15) is 0 Å². The first-order valence-corrected chi connectivity index (χ1v) is 6.53. The topological polar surface area (TPSA) is 49.5 Å². The molecule has 70 valence electrons. The predicted octanol–water partition coefficient (Wildman–Crippen LogP) is 1.18. The first kappa shape index (κ1) is 11.3. The second-order valence-electron chi connectivity index (χ2n) is 3.69. The number of rotatable bonds is 3. The Hall–Kier alpha value is 0.310. The van der Waals surface area contributed by atoms with Crippen molar-refractivity contribution in [2.24, 2.45) is 5.50 Å². The van der Waals surface area contributed by atoms with Crippen LogP contribution in [0.2, 0.25) is 0 Å². The summed E-state index contributed by atoms with van der Waals surface area (Å²) in [6.07, 6.45) is 0. The monoisotopic (exact) mass is 180 g/mol. The van der Waals surface area contributed by atoms with Gasteiger partial charge in [0.15, 0.2) is 0 Å². The fraction of sp³-hybridized carbons (Fsp3) is 1.00. The molecule has 3 nitrogen and oxygen atoms in total. The molecule has 0 aromatic rings. The van der Waals surface area contributed by atoms with Crippen LogP contribution in [0.4, 0.5) is 0 Å². The Balaban J connectivity index is 4.35. The van der Waals surface area contributed by atoms with Crippen molar-refractivity contribution in [1.29, 1.82) is 0 Å². The second-order valence-corrected chi connectivity index (χ2v) is 6.39. The van der Waals surface area contributed by atoms with Crippen LogP contribution in [0.25, 0.3) is 0 Å². The molecule has 0 saturated heterocycles. The van der Waals surface area contributed by atoms with Crippen molar-refractivity contribution in [2.75, 3.05) is 6.66 Å². The summed E-state index contributed by atoms with van der Waals surface area (Å²) in [7, 11) is -2.58. The van der Waals surface area contributed by atoms with Crippen LogP contribution in [-0.2, 0) is 0 Å². The molecule has 0 aromatic heterocycles. The van der Waals surface area contributed by atoms with E-state index in [4.69, 9.17) is 5.50 Å². The van der Waals surface area contributed by atoms with Crippen LogP contribution in [0.3, 0.4) is 0 Å². The molecular weight excluding hydrogens is 159 g/mol. The third-order valence-electron chi connectivity index (χ3n) is 1.64. The summed E-state index contributed by atoms with van der Waals surface area (Å²) in [6, 6.07) is 0.642. The van der Waals surface area contributed by atoms with E-state index in [2.05, 4.69) is 0 Å². The summed E-state index contributed by atoms with van der Waals surface area (Å²) < 4.78 is 1.99. The van der Waals surface area contributed by atoms with Crippen molar-refractivity contribution in [3.8, 4) is 0 Å². The van der Waals surface area contributed by atoms with E-state index in [0.717, 1.165) is 0 Å².